The monoisotopic (exact) mass is 588 g/mol. The number of piperidine rings is 1. The van der Waals surface area contributed by atoms with E-state index >= 15 is 0 Å². The quantitative estimate of drug-likeness (QED) is 0.399. The van der Waals surface area contributed by atoms with Gasteiger partial charge in [0.1, 0.15) is 30.9 Å². The highest BCUT2D eigenvalue weighted by molar-refractivity contribution is 5.77. The maximum atomic E-state index is 14.7. The number of carbonyl (C=O) groups excluding carboxylic acids is 1. The van der Waals surface area contributed by atoms with Crippen LogP contribution in [0, 0.1) is 11.3 Å². The first kappa shape index (κ1) is 28.7. The van der Waals surface area contributed by atoms with Crippen molar-refractivity contribution in [1.82, 2.24) is 24.8 Å². The van der Waals surface area contributed by atoms with Crippen molar-refractivity contribution in [3.63, 3.8) is 0 Å². The Labute approximate surface area is 248 Å². The number of amides is 1. The first-order valence-corrected chi connectivity index (χ1v) is 14.4. The molecule has 3 saturated heterocycles. The van der Waals surface area contributed by atoms with E-state index in [9.17, 15) is 14.4 Å². The van der Waals surface area contributed by atoms with Gasteiger partial charge in [-0.3, -0.25) is 9.69 Å². The Bertz CT molecular complexity index is 1470. The van der Waals surface area contributed by atoms with E-state index in [1.807, 2.05) is 12.1 Å². The highest BCUT2D eigenvalue weighted by atomic mass is 19.1. The van der Waals surface area contributed by atoms with Crippen molar-refractivity contribution in [2.75, 3.05) is 69.3 Å². The Balaban J connectivity index is 1.08. The van der Waals surface area contributed by atoms with Crippen molar-refractivity contribution in [1.29, 1.82) is 5.26 Å². The van der Waals surface area contributed by atoms with Crippen LogP contribution in [-0.4, -0.2) is 113 Å². The number of ether oxygens (including phenoxy) is 2. The van der Waals surface area contributed by atoms with Gasteiger partial charge in [0.05, 0.1) is 31.4 Å². The lowest BCUT2D eigenvalue weighted by Gasteiger charge is -2.43. The van der Waals surface area contributed by atoms with Crippen molar-refractivity contribution in [2.45, 2.75) is 24.7 Å². The van der Waals surface area contributed by atoms with Crippen LogP contribution in [-0.2, 0) is 9.53 Å². The summed E-state index contributed by atoms with van der Waals surface area (Å²) in [5.74, 6) is 0.450. The molecule has 0 aliphatic carbocycles. The van der Waals surface area contributed by atoms with Crippen LogP contribution in [0.5, 0.6) is 5.75 Å². The van der Waals surface area contributed by atoms with Gasteiger partial charge in [-0.05, 0) is 42.5 Å². The molecule has 13 heteroatoms. The third-order valence-corrected chi connectivity index (χ3v) is 8.12. The second-order valence-electron chi connectivity index (χ2n) is 10.8. The smallest absolute Gasteiger partial charge is 0.248 e. The van der Waals surface area contributed by atoms with Crippen LogP contribution in [0.3, 0.4) is 0 Å². The molecule has 0 bridgehead atoms. The van der Waals surface area contributed by atoms with Crippen LogP contribution >= 0.6 is 0 Å². The minimum atomic E-state index is -1.44. The topological polar surface area (TPSA) is 140 Å². The molecule has 3 aliphatic rings. The first-order chi connectivity index (χ1) is 21.0. The molecule has 224 valence electrons. The number of nitrogens with one attached hydrogen (secondary N) is 1. The molecule has 12 nitrogen and oxygen atoms in total. The number of nitriles is 1. The van der Waals surface area contributed by atoms with Gasteiger partial charge in [-0.2, -0.15) is 10.2 Å². The van der Waals surface area contributed by atoms with Crippen LogP contribution in [0.25, 0.3) is 11.4 Å². The van der Waals surface area contributed by atoms with Crippen LogP contribution in [0.4, 0.5) is 21.7 Å². The standard InChI is InChI=1S/C30H33FN8O4/c31-25-15-39(28(41)16-40)8-7-27(25)43-26-6-1-20(13-21(26)14-32)29-33-19-34-30(36-29)35-22-2-4-23(5-3-22)37-9-11-38(12-10-37)24-17-42-18-24/h1-6,13,19,24-25,27,40H,7-12,15-18H2,(H,33,34,35,36)/t25?,27-/m0/s1. The minimum absolute atomic E-state index is 0.166. The molecule has 2 aromatic carbocycles. The van der Waals surface area contributed by atoms with Gasteiger partial charge in [0.2, 0.25) is 11.9 Å². The lowest BCUT2D eigenvalue weighted by atomic mass is 10.0. The second-order valence-corrected chi connectivity index (χ2v) is 10.8. The predicted octanol–water partition coefficient (Wildman–Crippen LogP) is 1.98. The van der Waals surface area contributed by atoms with Crippen molar-refractivity contribution in [3.05, 3.63) is 54.4 Å². The summed E-state index contributed by atoms with van der Waals surface area (Å²) < 4.78 is 25.9. The fourth-order valence-corrected chi connectivity index (χ4v) is 5.52. The van der Waals surface area contributed by atoms with E-state index in [-0.39, 0.29) is 30.8 Å². The van der Waals surface area contributed by atoms with Crippen molar-refractivity contribution in [2.24, 2.45) is 0 Å². The van der Waals surface area contributed by atoms with Gasteiger partial charge in [0, 0.05) is 56.1 Å². The summed E-state index contributed by atoms with van der Waals surface area (Å²) in [5.41, 5.74) is 2.80. The predicted molar refractivity (Wildman–Crippen MR) is 156 cm³/mol. The van der Waals surface area contributed by atoms with Crippen molar-refractivity contribution in [3.8, 4) is 23.2 Å². The summed E-state index contributed by atoms with van der Waals surface area (Å²) in [4.78, 5) is 30.9. The van der Waals surface area contributed by atoms with Gasteiger partial charge < -0.3 is 29.7 Å². The van der Waals surface area contributed by atoms with E-state index < -0.39 is 24.8 Å². The number of alkyl halides is 1. The summed E-state index contributed by atoms with van der Waals surface area (Å²) in [6.07, 6.45) is -0.612. The fraction of sp³-hybridized carbons (Fsp3) is 0.433. The zero-order chi connectivity index (χ0) is 29.8. The van der Waals surface area contributed by atoms with Crippen LogP contribution in [0.1, 0.15) is 12.0 Å². The molecular formula is C30H33FN8O4. The Morgan fingerprint density at radius 3 is 2.58 bits per heavy atom. The molecule has 4 heterocycles. The van der Waals surface area contributed by atoms with E-state index in [1.165, 1.54) is 16.9 Å². The molecule has 1 unspecified atom stereocenters. The second kappa shape index (κ2) is 12.9. The number of anilines is 3. The molecule has 3 fully saturated rings. The number of aromatic nitrogens is 3. The average Bonchev–Trinajstić information content (AvgIpc) is 3.02. The van der Waals surface area contributed by atoms with Gasteiger partial charge >= 0.3 is 0 Å². The zero-order valence-corrected chi connectivity index (χ0v) is 23.6. The molecular weight excluding hydrogens is 555 g/mol. The fourth-order valence-electron chi connectivity index (χ4n) is 5.52. The highest BCUT2D eigenvalue weighted by Gasteiger charge is 2.33. The Kier molecular flexibility index (Phi) is 8.59. The van der Waals surface area contributed by atoms with Crippen molar-refractivity contribution < 1.29 is 23.8 Å². The Hall–Kier alpha value is -4.38. The Morgan fingerprint density at radius 1 is 1.12 bits per heavy atom. The number of nitrogens with zero attached hydrogens (tertiary/aromatic N) is 7. The summed E-state index contributed by atoms with van der Waals surface area (Å²) in [6, 6.07) is 15.7. The number of hydrogen-bond acceptors (Lipinski definition) is 11. The van der Waals surface area contributed by atoms with Crippen LogP contribution in [0.2, 0.25) is 0 Å². The van der Waals surface area contributed by atoms with E-state index in [0.717, 1.165) is 45.1 Å². The lowest BCUT2D eigenvalue weighted by molar-refractivity contribution is -0.138. The summed E-state index contributed by atoms with van der Waals surface area (Å²) in [7, 11) is 0. The van der Waals surface area contributed by atoms with E-state index in [2.05, 4.69) is 48.3 Å². The van der Waals surface area contributed by atoms with E-state index in [1.54, 1.807) is 18.2 Å². The first-order valence-electron chi connectivity index (χ1n) is 14.4. The van der Waals surface area contributed by atoms with Gasteiger partial charge in [0.15, 0.2) is 12.0 Å². The van der Waals surface area contributed by atoms with Gasteiger partial charge in [-0.1, -0.05) is 0 Å². The number of aliphatic hydroxyl groups is 1. The maximum Gasteiger partial charge on any atom is 0.248 e. The number of benzene rings is 2. The molecule has 0 radical (unpaired) electrons. The maximum absolute atomic E-state index is 14.7. The summed E-state index contributed by atoms with van der Waals surface area (Å²) in [5, 5.41) is 22.0. The molecule has 2 atom stereocenters. The normalized spacial score (nSPS) is 21.1. The molecule has 1 aromatic heterocycles. The third kappa shape index (κ3) is 6.51. The van der Waals surface area contributed by atoms with Crippen molar-refractivity contribution >= 4 is 23.2 Å². The summed E-state index contributed by atoms with van der Waals surface area (Å²) in [6.45, 7) is 5.16. The zero-order valence-electron chi connectivity index (χ0n) is 23.6. The molecule has 3 aromatic rings. The Morgan fingerprint density at radius 2 is 1.91 bits per heavy atom. The van der Waals surface area contributed by atoms with E-state index in [4.69, 9.17) is 14.6 Å². The third-order valence-electron chi connectivity index (χ3n) is 8.12. The molecule has 0 spiro atoms. The molecule has 1 amide bonds. The number of aliphatic hydroxyl groups excluding tert-OH is 1. The number of halogens is 1. The van der Waals surface area contributed by atoms with Gasteiger partial charge in [-0.25, -0.2) is 14.4 Å². The average molecular weight is 589 g/mol. The highest BCUT2D eigenvalue weighted by Crippen LogP contribution is 2.29. The largest absolute Gasteiger partial charge is 0.486 e. The molecule has 6 rings (SSSR count). The minimum Gasteiger partial charge on any atom is -0.486 e. The molecule has 43 heavy (non-hydrogen) atoms. The molecule has 0 saturated carbocycles. The van der Waals surface area contributed by atoms with E-state index in [0.29, 0.717) is 23.4 Å². The molecule has 3 aliphatic heterocycles. The van der Waals surface area contributed by atoms with Gasteiger partial charge in [-0.15, -0.1) is 0 Å². The SMILES string of the molecule is N#Cc1cc(-c2ncnc(Nc3ccc(N4CCN(C5COC5)CC4)cc3)n2)ccc1O[C@H]1CCN(C(=O)CO)CC1F. The number of carbonyl (C=O) groups is 1. The molecule has 2 N–H and O–H groups in total. The number of likely N-dealkylation sites (tertiary alicyclic amines) is 1. The number of rotatable bonds is 8. The lowest BCUT2D eigenvalue weighted by Crippen LogP contribution is -2.56. The summed E-state index contributed by atoms with van der Waals surface area (Å²) >= 11 is 0. The number of piperazine rings is 1. The van der Waals surface area contributed by atoms with Gasteiger partial charge in [0.25, 0.3) is 0 Å². The number of hydrogen-bond donors (Lipinski definition) is 2. The van der Waals surface area contributed by atoms with Crippen LogP contribution < -0.4 is 15.0 Å². The van der Waals surface area contributed by atoms with Crippen LogP contribution in [0.15, 0.2) is 48.8 Å².